The van der Waals surface area contributed by atoms with Crippen molar-refractivity contribution in [2.75, 3.05) is 39.8 Å². The van der Waals surface area contributed by atoms with E-state index in [1.165, 1.54) is 12.8 Å². The van der Waals surface area contributed by atoms with Crippen LogP contribution in [-0.2, 0) is 6.54 Å². The van der Waals surface area contributed by atoms with Gasteiger partial charge in [0.1, 0.15) is 6.26 Å². The third-order valence-electron chi connectivity index (χ3n) is 4.46. The molecular weight excluding hydrogens is 278 g/mol. The average molecular weight is 307 g/mol. The van der Waals surface area contributed by atoms with Crippen LogP contribution in [0.25, 0.3) is 0 Å². The normalized spacial score (nSPS) is 17.3. The zero-order valence-corrected chi connectivity index (χ0v) is 14.1. The Morgan fingerprint density at radius 1 is 1.32 bits per heavy atom. The van der Waals surface area contributed by atoms with Gasteiger partial charge in [-0.1, -0.05) is 31.8 Å². The van der Waals surface area contributed by atoms with E-state index in [-0.39, 0.29) is 0 Å². The Hall–Kier alpha value is -1.56. The first-order valence-electron chi connectivity index (χ1n) is 8.34. The SMILES string of the molecule is CCC(CC)CNC(=NC)N1CCN(Cc2ccon2)CC1. The van der Waals surface area contributed by atoms with E-state index in [1.807, 2.05) is 13.1 Å². The maximum atomic E-state index is 4.89. The van der Waals surface area contributed by atoms with E-state index in [4.69, 9.17) is 4.52 Å². The van der Waals surface area contributed by atoms with Gasteiger partial charge in [0.05, 0.1) is 5.69 Å². The van der Waals surface area contributed by atoms with Crippen molar-refractivity contribution in [3.63, 3.8) is 0 Å². The topological polar surface area (TPSA) is 56.9 Å². The van der Waals surface area contributed by atoms with Crippen LogP contribution in [0.2, 0.25) is 0 Å². The fraction of sp³-hybridized carbons (Fsp3) is 0.750. The van der Waals surface area contributed by atoms with Crippen molar-refractivity contribution in [1.82, 2.24) is 20.3 Å². The number of guanidine groups is 1. The first kappa shape index (κ1) is 16.8. The van der Waals surface area contributed by atoms with Crippen LogP contribution in [0.5, 0.6) is 0 Å². The Kier molecular flexibility index (Phi) is 6.71. The van der Waals surface area contributed by atoms with Gasteiger partial charge in [-0.15, -0.1) is 0 Å². The lowest BCUT2D eigenvalue weighted by molar-refractivity contribution is 0.168. The van der Waals surface area contributed by atoms with Crippen molar-refractivity contribution in [3.05, 3.63) is 18.0 Å². The Labute approximate surface area is 133 Å². The number of aliphatic imine (C=N–C) groups is 1. The molecule has 1 N–H and O–H groups in total. The largest absolute Gasteiger partial charge is 0.364 e. The van der Waals surface area contributed by atoms with Crippen LogP contribution in [0.1, 0.15) is 32.4 Å². The van der Waals surface area contributed by atoms with Gasteiger partial charge in [-0.2, -0.15) is 0 Å². The van der Waals surface area contributed by atoms with E-state index in [0.29, 0.717) is 0 Å². The predicted octanol–water partition coefficient (Wildman–Crippen LogP) is 1.80. The summed E-state index contributed by atoms with van der Waals surface area (Å²) in [7, 11) is 1.87. The second-order valence-electron chi connectivity index (χ2n) is 5.86. The van der Waals surface area contributed by atoms with Crippen LogP contribution in [0, 0.1) is 5.92 Å². The van der Waals surface area contributed by atoms with Crippen molar-refractivity contribution in [2.24, 2.45) is 10.9 Å². The molecule has 0 spiro atoms. The van der Waals surface area contributed by atoms with E-state index in [1.54, 1.807) is 6.26 Å². The van der Waals surface area contributed by atoms with Gasteiger partial charge >= 0.3 is 0 Å². The van der Waals surface area contributed by atoms with Crippen molar-refractivity contribution in [2.45, 2.75) is 33.2 Å². The summed E-state index contributed by atoms with van der Waals surface area (Å²) in [6, 6.07) is 1.93. The van der Waals surface area contributed by atoms with Gasteiger partial charge < -0.3 is 14.7 Å². The molecule has 1 fully saturated rings. The highest BCUT2D eigenvalue weighted by atomic mass is 16.5. The highest BCUT2D eigenvalue weighted by Crippen LogP contribution is 2.09. The summed E-state index contributed by atoms with van der Waals surface area (Å²) in [6.07, 6.45) is 4.06. The summed E-state index contributed by atoms with van der Waals surface area (Å²) in [5.74, 6) is 1.76. The van der Waals surface area contributed by atoms with Crippen molar-refractivity contribution < 1.29 is 4.52 Å². The van der Waals surface area contributed by atoms with E-state index in [0.717, 1.165) is 56.8 Å². The third kappa shape index (κ3) is 4.73. The van der Waals surface area contributed by atoms with Crippen LogP contribution in [0.15, 0.2) is 21.8 Å². The van der Waals surface area contributed by atoms with Crippen molar-refractivity contribution in [3.8, 4) is 0 Å². The van der Waals surface area contributed by atoms with E-state index in [2.05, 4.69) is 39.1 Å². The average Bonchev–Trinajstić information content (AvgIpc) is 3.06. The molecular formula is C16H29N5O. The molecule has 1 aliphatic heterocycles. The maximum absolute atomic E-state index is 4.89. The molecule has 0 aliphatic carbocycles. The van der Waals surface area contributed by atoms with Gasteiger partial charge in [0.2, 0.25) is 0 Å². The molecule has 0 saturated carbocycles. The lowest BCUT2D eigenvalue weighted by Gasteiger charge is -2.36. The summed E-state index contributed by atoms with van der Waals surface area (Å²) >= 11 is 0. The molecule has 1 saturated heterocycles. The highest BCUT2D eigenvalue weighted by molar-refractivity contribution is 5.80. The number of nitrogens with zero attached hydrogens (tertiary/aromatic N) is 4. The van der Waals surface area contributed by atoms with E-state index >= 15 is 0 Å². The third-order valence-corrected chi connectivity index (χ3v) is 4.46. The summed E-state index contributed by atoms with van der Waals surface area (Å²) in [6.45, 7) is 10.4. The highest BCUT2D eigenvalue weighted by Gasteiger charge is 2.20. The van der Waals surface area contributed by atoms with Crippen molar-refractivity contribution >= 4 is 5.96 Å². The first-order chi connectivity index (χ1) is 10.8. The van der Waals surface area contributed by atoms with Gasteiger partial charge in [0, 0.05) is 52.4 Å². The van der Waals surface area contributed by atoms with Crippen LogP contribution < -0.4 is 5.32 Å². The quantitative estimate of drug-likeness (QED) is 0.641. The molecule has 0 aromatic carbocycles. The molecule has 1 aliphatic rings. The number of nitrogens with one attached hydrogen (secondary N) is 1. The number of piperazine rings is 1. The smallest absolute Gasteiger partial charge is 0.193 e. The van der Waals surface area contributed by atoms with Gasteiger partial charge in [0.25, 0.3) is 0 Å². The molecule has 1 aromatic rings. The second-order valence-corrected chi connectivity index (χ2v) is 5.86. The minimum atomic E-state index is 0.727. The van der Waals surface area contributed by atoms with E-state index in [9.17, 15) is 0 Å². The van der Waals surface area contributed by atoms with Gasteiger partial charge in [0.15, 0.2) is 5.96 Å². The summed E-state index contributed by atoms with van der Waals surface area (Å²) in [5, 5.41) is 7.51. The fourth-order valence-electron chi connectivity index (χ4n) is 2.81. The van der Waals surface area contributed by atoms with Crippen molar-refractivity contribution in [1.29, 1.82) is 0 Å². The minimum absolute atomic E-state index is 0.727. The van der Waals surface area contributed by atoms with Crippen LogP contribution in [-0.4, -0.2) is 60.7 Å². The monoisotopic (exact) mass is 307 g/mol. The molecule has 0 unspecified atom stereocenters. The Morgan fingerprint density at radius 3 is 2.59 bits per heavy atom. The number of rotatable bonds is 6. The van der Waals surface area contributed by atoms with Crippen LogP contribution in [0.4, 0.5) is 0 Å². The van der Waals surface area contributed by atoms with Gasteiger partial charge in [-0.05, 0) is 5.92 Å². The molecule has 6 nitrogen and oxygen atoms in total. The number of hydrogen-bond donors (Lipinski definition) is 1. The molecule has 0 bridgehead atoms. The molecule has 2 heterocycles. The van der Waals surface area contributed by atoms with Crippen LogP contribution in [0.3, 0.4) is 0 Å². The molecule has 0 atom stereocenters. The minimum Gasteiger partial charge on any atom is -0.364 e. The molecule has 0 radical (unpaired) electrons. The Balaban J connectivity index is 1.76. The Bertz CT molecular complexity index is 433. The standard InChI is InChI=1S/C16H29N5O/c1-4-14(5-2)12-18-16(17-3)21-9-7-20(8-10-21)13-15-6-11-22-19-15/h6,11,14H,4-5,7-10,12-13H2,1-3H3,(H,17,18). The summed E-state index contributed by atoms with van der Waals surface area (Å²) < 4.78 is 4.89. The summed E-state index contributed by atoms with van der Waals surface area (Å²) in [5.41, 5.74) is 1.00. The molecule has 0 amide bonds. The zero-order chi connectivity index (χ0) is 15.8. The van der Waals surface area contributed by atoms with Gasteiger partial charge in [-0.3, -0.25) is 9.89 Å². The molecule has 22 heavy (non-hydrogen) atoms. The molecule has 6 heteroatoms. The Morgan fingerprint density at radius 2 is 2.05 bits per heavy atom. The molecule has 124 valence electrons. The lowest BCUT2D eigenvalue weighted by atomic mass is 10.0. The molecule has 1 aromatic heterocycles. The maximum Gasteiger partial charge on any atom is 0.193 e. The number of hydrogen-bond acceptors (Lipinski definition) is 4. The summed E-state index contributed by atoms with van der Waals surface area (Å²) in [4.78, 5) is 9.19. The second kappa shape index (κ2) is 8.78. The van der Waals surface area contributed by atoms with Crippen LogP contribution >= 0.6 is 0 Å². The number of aromatic nitrogens is 1. The van der Waals surface area contributed by atoms with E-state index < -0.39 is 0 Å². The lowest BCUT2D eigenvalue weighted by Crippen LogP contribution is -2.52. The first-order valence-corrected chi connectivity index (χ1v) is 8.34. The zero-order valence-electron chi connectivity index (χ0n) is 14.1. The molecule has 2 rings (SSSR count). The predicted molar refractivity (Wildman–Crippen MR) is 88.8 cm³/mol. The fourth-order valence-corrected chi connectivity index (χ4v) is 2.81. The van der Waals surface area contributed by atoms with Gasteiger partial charge in [-0.25, -0.2) is 0 Å².